The zero-order valence-corrected chi connectivity index (χ0v) is 27.9. The minimum Gasteiger partial charge on any atom is -0.352 e. The lowest BCUT2D eigenvalue weighted by Gasteiger charge is -2.34. The van der Waals surface area contributed by atoms with Gasteiger partial charge in [0.2, 0.25) is 11.8 Å². The fourth-order valence-electron chi connectivity index (χ4n) is 5.08. The molecule has 0 spiro atoms. The number of halogens is 1. The Morgan fingerprint density at radius 2 is 1.44 bits per heavy atom. The maximum atomic E-state index is 14.6. The van der Waals surface area contributed by atoms with Gasteiger partial charge in [0.25, 0.3) is 10.0 Å². The molecule has 0 saturated carbocycles. The van der Waals surface area contributed by atoms with Crippen LogP contribution in [0.3, 0.4) is 0 Å². The summed E-state index contributed by atoms with van der Waals surface area (Å²) in [7, 11) is -4.17. The highest BCUT2D eigenvalue weighted by Crippen LogP contribution is 2.29. The summed E-state index contributed by atoms with van der Waals surface area (Å²) in [6, 6.07) is 27.4. The van der Waals surface area contributed by atoms with Crippen molar-refractivity contribution >= 4 is 39.1 Å². The first-order valence-electron chi connectivity index (χ1n) is 14.9. The fraction of sp³-hybridized carbons (Fsp3) is 0.278. The zero-order chi connectivity index (χ0) is 32.7. The molecule has 2 amide bonds. The third kappa shape index (κ3) is 8.53. The molecule has 0 aromatic heterocycles. The average Bonchev–Trinajstić information content (AvgIpc) is 3.00. The second-order valence-corrected chi connectivity index (χ2v) is 13.9. The van der Waals surface area contributed by atoms with E-state index in [0.29, 0.717) is 10.7 Å². The summed E-state index contributed by atoms with van der Waals surface area (Å²) in [6.07, 6.45) is 0.243. The topological polar surface area (TPSA) is 86.8 Å². The van der Waals surface area contributed by atoms with E-state index in [9.17, 15) is 18.0 Å². The van der Waals surface area contributed by atoms with Crippen LogP contribution in [0, 0.1) is 20.8 Å². The number of benzene rings is 4. The van der Waals surface area contributed by atoms with Gasteiger partial charge in [-0.25, -0.2) is 8.42 Å². The molecule has 0 bridgehead atoms. The Morgan fingerprint density at radius 3 is 2.07 bits per heavy atom. The van der Waals surface area contributed by atoms with E-state index in [4.69, 9.17) is 11.6 Å². The van der Waals surface area contributed by atoms with Crippen molar-refractivity contribution in [3.8, 4) is 0 Å². The molecule has 0 unspecified atom stereocenters. The SMILES string of the molecule is Cc1ccc(S(=O)(=O)N(CC(=O)N(Cc2ccc(Cl)cc2)[C@H](Cc2ccccc2)C(=O)NC(C)C)c2cccc(C)c2C)cc1. The van der Waals surface area contributed by atoms with Gasteiger partial charge in [0, 0.05) is 24.0 Å². The van der Waals surface area contributed by atoms with Crippen molar-refractivity contribution in [1.82, 2.24) is 10.2 Å². The van der Waals surface area contributed by atoms with Gasteiger partial charge >= 0.3 is 0 Å². The van der Waals surface area contributed by atoms with Crippen molar-refractivity contribution in [3.05, 3.63) is 130 Å². The Hall–Kier alpha value is -4.14. The van der Waals surface area contributed by atoms with Crippen molar-refractivity contribution in [2.45, 2.75) is 64.6 Å². The van der Waals surface area contributed by atoms with Crippen LogP contribution in [-0.4, -0.2) is 43.8 Å². The van der Waals surface area contributed by atoms with E-state index in [0.717, 1.165) is 32.1 Å². The lowest BCUT2D eigenvalue weighted by Crippen LogP contribution is -2.54. The molecule has 0 fully saturated rings. The van der Waals surface area contributed by atoms with Crippen molar-refractivity contribution in [3.63, 3.8) is 0 Å². The van der Waals surface area contributed by atoms with Crippen LogP contribution < -0.4 is 9.62 Å². The highest BCUT2D eigenvalue weighted by Gasteiger charge is 2.35. The van der Waals surface area contributed by atoms with Crippen molar-refractivity contribution in [1.29, 1.82) is 0 Å². The summed E-state index contributed by atoms with van der Waals surface area (Å²) < 4.78 is 29.7. The Kier molecular flexibility index (Phi) is 11.1. The molecule has 0 aliphatic heterocycles. The predicted octanol–water partition coefficient (Wildman–Crippen LogP) is 6.63. The van der Waals surface area contributed by atoms with Crippen LogP contribution in [0.1, 0.15) is 41.7 Å². The standard InChI is InChI=1S/C36H40ClN3O4S/c1-25(2)38-36(42)34(22-29-11-7-6-8-12-29)39(23-30-16-18-31(37)19-17-30)35(41)24-40(33-13-9-10-27(4)28(33)5)45(43,44)32-20-14-26(3)15-21-32/h6-21,25,34H,22-24H2,1-5H3,(H,38,42)/t34-/m1/s1. The highest BCUT2D eigenvalue weighted by molar-refractivity contribution is 7.92. The smallest absolute Gasteiger partial charge is 0.264 e. The summed E-state index contributed by atoms with van der Waals surface area (Å²) in [5, 5.41) is 3.51. The van der Waals surface area contributed by atoms with Gasteiger partial charge < -0.3 is 10.2 Å². The number of hydrogen-bond donors (Lipinski definition) is 1. The molecule has 9 heteroatoms. The molecule has 0 saturated heterocycles. The molecule has 236 valence electrons. The van der Waals surface area contributed by atoms with Crippen molar-refractivity contribution in [2.75, 3.05) is 10.8 Å². The van der Waals surface area contributed by atoms with Gasteiger partial charge in [-0.3, -0.25) is 13.9 Å². The van der Waals surface area contributed by atoms with Crippen LogP contribution >= 0.6 is 11.6 Å². The monoisotopic (exact) mass is 645 g/mol. The predicted molar refractivity (Wildman–Crippen MR) is 181 cm³/mol. The first-order chi connectivity index (χ1) is 21.4. The van der Waals surface area contributed by atoms with Gasteiger partial charge in [-0.2, -0.15) is 0 Å². The number of nitrogens with one attached hydrogen (secondary N) is 1. The Morgan fingerprint density at radius 1 is 0.800 bits per heavy atom. The molecule has 4 aromatic rings. The summed E-state index contributed by atoms with van der Waals surface area (Å²) in [5.74, 6) is -0.836. The lowest BCUT2D eigenvalue weighted by molar-refractivity contribution is -0.140. The van der Waals surface area contributed by atoms with Crippen LogP contribution in [-0.2, 0) is 32.6 Å². The van der Waals surface area contributed by atoms with Crippen molar-refractivity contribution < 1.29 is 18.0 Å². The number of anilines is 1. The summed E-state index contributed by atoms with van der Waals surface area (Å²) in [6.45, 7) is 8.91. The Balaban J connectivity index is 1.83. The molecular formula is C36H40ClN3O4S. The van der Waals surface area contributed by atoms with Gasteiger partial charge in [0.05, 0.1) is 10.6 Å². The van der Waals surface area contributed by atoms with Crippen LogP contribution in [0.15, 0.2) is 102 Å². The maximum absolute atomic E-state index is 14.6. The van der Waals surface area contributed by atoms with Crippen LogP contribution in [0.25, 0.3) is 0 Å². The maximum Gasteiger partial charge on any atom is 0.264 e. The molecule has 45 heavy (non-hydrogen) atoms. The number of aryl methyl sites for hydroxylation is 2. The zero-order valence-electron chi connectivity index (χ0n) is 26.3. The molecule has 1 atom stereocenters. The number of carbonyl (C=O) groups excluding carboxylic acids is 2. The van der Waals surface area contributed by atoms with Gasteiger partial charge in [-0.1, -0.05) is 83.9 Å². The van der Waals surface area contributed by atoms with Crippen molar-refractivity contribution in [2.24, 2.45) is 0 Å². The Bertz CT molecular complexity index is 1720. The minimum atomic E-state index is -4.17. The third-order valence-electron chi connectivity index (χ3n) is 7.70. The van der Waals surface area contributed by atoms with Gasteiger partial charge in [-0.15, -0.1) is 0 Å². The molecule has 0 heterocycles. The highest BCUT2D eigenvalue weighted by atomic mass is 35.5. The number of rotatable bonds is 12. The molecule has 1 N–H and O–H groups in total. The molecule has 4 aromatic carbocycles. The molecular weight excluding hydrogens is 606 g/mol. The summed E-state index contributed by atoms with van der Waals surface area (Å²) >= 11 is 6.15. The van der Waals surface area contributed by atoms with Crippen LogP contribution in [0.4, 0.5) is 5.69 Å². The first kappa shape index (κ1) is 33.7. The van der Waals surface area contributed by atoms with Gasteiger partial charge in [-0.05, 0) is 87.2 Å². The second kappa shape index (κ2) is 14.8. The Labute approximate surface area is 271 Å². The summed E-state index contributed by atoms with van der Waals surface area (Å²) in [4.78, 5) is 29.9. The average molecular weight is 646 g/mol. The summed E-state index contributed by atoms with van der Waals surface area (Å²) in [5.41, 5.74) is 4.57. The number of sulfonamides is 1. The third-order valence-corrected chi connectivity index (χ3v) is 9.73. The fourth-order valence-corrected chi connectivity index (χ4v) is 6.68. The molecule has 4 rings (SSSR count). The molecule has 0 aliphatic rings. The van der Waals surface area contributed by atoms with Gasteiger partial charge in [0.1, 0.15) is 12.6 Å². The lowest BCUT2D eigenvalue weighted by atomic mass is 10.0. The van der Waals surface area contributed by atoms with E-state index in [2.05, 4.69) is 5.32 Å². The second-order valence-electron chi connectivity index (χ2n) is 11.6. The minimum absolute atomic E-state index is 0.0736. The van der Waals surface area contributed by atoms with E-state index < -0.39 is 28.5 Å². The van der Waals surface area contributed by atoms with E-state index in [-0.39, 0.29) is 29.8 Å². The van der Waals surface area contributed by atoms with Crippen LogP contribution in [0.2, 0.25) is 5.02 Å². The van der Waals surface area contributed by atoms with Crippen LogP contribution in [0.5, 0.6) is 0 Å². The van der Waals surface area contributed by atoms with E-state index in [1.165, 1.54) is 4.90 Å². The first-order valence-corrected chi connectivity index (χ1v) is 16.7. The molecule has 7 nitrogen and oxygen atoms in total. The van der Waals surface area contributed by atoms with E-state index >= 15 is 0 Å². The normalized spacial score (nSPS) is 12.1. The molecule has 0 radical (unpaired) electrons. The van der Waals surface area contributed by atoms with E-state index in [1.54, 1.807) is 60.7 Å². The number of amides is 2. The molecule has 0 aliphatic carbocycles. The number of carbonyl (C=O) groups is 2. The number of hydrogen-bond acceptors (Lipinski definition) is 4. The van der Waals surface area contributed by atoms with Gasteiger partial charge in [0.15, 0.2) is 0 Å². The number of nitrogens with zero attached hydrogens (tertiary/aromatic N) is 2. The van der Waals surface area contributed by atoms with E-state index in [1.807, 2.05) is 71.0 Å². The largest absolute Gasteiger partial charge is 0.352 e. The quantitative estimate of drug-likeness (QED) is 0.188.